The zero-order valence-electron chi connectivity index (χ0n) is 19.6. The summed E-state index contributed by atoms with van der Waals surface area (Å²) in [7, 11) is 0. The fraction of sp³-hybridized carbons (Fsp3) is 0.192. The number of aliphatic carboxylic acids is 1. The number of pyridine rings is 1. The lowest BCUT2D eigenvalue weighted by Crippen LogP contribution is -2.25. The predicted molar refractivity (Wildman–Crippen MR) is 131 cm³/mol. The molecule has 8 nitrogen and oxygen atoms in total. The fourth-order valence-electron chi connectivity index (χ4n) is 3.34. The van der Waals surface area contributed by atoms with Crippen LogP contribution in [0.5, 0.6) is 0 Å². The van der Waals surface area contributed by atoms with Crippen molar-refractivity contribution in [2.24, 2.45) is 0 Å². The van der Waals surface area contributed by atoms with Gasteiger partial charge in [0.05, 0.1) is 5.52 Å². The third kappa shape index (κ3) is 6.78. The van der Waals surface area contributed by atoms with Crippen molar-refractivity contribution in [3.05, 3.63) is 78.2 Å². The van der Waals surface area contributed by atoms with E-state index in [9.17, 15) is 18.0 Å². The number of rotatable bonds is 5. The molecular formula is C26H22F3N5O3. The van der Waals surface area contributed by atoms with Crippen molar-refractivity contribution in [3.63, 3.8) is 0 Å². The Kier molecular flexibility index (Phi) is 7.32. The van der Waals surface area contributed by atoms with Crippen molar-refractivity contribution in [1.29, 1.82) is 0 Å². The second-order valence-corrected chi connectivity index (χ2v) is 8.38. The molecule has 0 aliphatic heterocycles. The topological polar surface area (TPSA) is 117 Å². The van der Waals surface area contributed by atoms with Crippen molar-refractivity contribution in [2.45, 2.75) is 32.0 Å². The third-order valence-corrected chi connectivity index (χ3v) is 5.37. The molecule has 190 valence electrons. The van der Waals surface area contributed by atoms with Crippen LogP contribution in [0.1, 0.15) is 28.9 Å². The zero-order valence-corrected chi connectivity index (χ0v) is 19.6. The molecule has 0 atom stereocenters. The van der Waals surface area contributed by atoms with Gasteiger partial charge in [0, 0.05) is 51.9 Å². The number of benzene rings is 2. The van der Waals surface area contributed by atoms with Gasteiger partial charge in [0.1, 0.15) is 0 Å². The molecule has 0 radical (unpaired) electrons. The summed E-state index contributed by atoms with van der Waals surface area (Å²) in [4.78, 5) is 34.8. The van der Waals surface area contributed by atoms with E-state index < -0.39 is 12.1 Å². The van der Waals surface area contributed by atoms with Gasteiger partial charge >= 0.3 is 12.1 Å². The largest absolute Gasteiger partial charge is 0.490 e. The molecular weight excluding hydrogens is 487 g/mol. The first-order chi connectivity index (χ1) is 17.6. The van der Waals surface area contributed by atoms with Gasteiger partial charge in [0.15, 0.2) is 0 Å². The molecule has 0 saturated heterocycles. The lowest BCUT2D eigenvalue weighted by atomic mass is 10.0. The van der Waals surface area contributed by atoms with Crippen LogP contribution in [0.25, 0.3) is 22.0 Å². The molecule has 37 heavy (non-hydrogen) atoms. The number of carboxylic acid groups (broad SMARTS) is 1. The second kappa shape index (κ2) is 10.6. The van der Waals surface area contributed by atoms with E-state index in [0.29, 0.717) is 17.6 Å². The number of aromatic nitrogens is 3. The molecule has 1 aliphatic carbocycles. The molecule has 2 aromatic carbocycles. The van der Waals surface area contributed by atoms with Gasteiger partial charge < -0.3 is 15.7 Å². The van der Waals surface area contributed by atoms with Gasteiger partial charge in [-0.1, -0.05) is 30.3 Å². The van der Waals surface area contributed by atoms with E-state index in [1.54, 1.807) is 6.20 Å². The number of anilines is 2. The average molecular weight is 509 g/mol. The molecule has 2 heterocycles. The first-order valence-corrected chi connectivity index (χ1v) is 11.3. The van der Waals surface area contributed by atoms with Crippen LogP contribution in [-0.2, 0) is 4.79 Å². The molecule has 0 bridgehead atoms. The summed E-state index contributed by atoms with van der Waals surface area (Å²) in [5, 5.41) is 14.3. The molecule has 1 fully saturated rings. The Morgan fingerprint density at radius 3 is 2.38 bits per heavy atom. The van der Waals surface area contributed by atoms with E-state index in [1.807, 2.05) is 67.7 Å². The number of carbonyl (C=O) groups is 2. The number of nitrogens with one attached hydrogen (secondary N) is 2. The number of aryl methyl sites for hydroxylation is 1. The molecule has 1 aliphatic rings. The van der Waals surface area contributed by atoms with Gasteiger partial charge in [0.25, 0.3) is 5.91 Å². The van der Waals surface area contributed by atoms with Gasteiger partial charge in [0.2, 0.25) is 5.95 Å². The number of nitrogens with zero attached hydrogens (tertiary/aromatic N) is 3. The van der Waals surface area contributed by atoms with Gasteiger partial charge in [-0.05, 0) is 44.0 Å². The Balaban J connectivity index is 0.000000405. The normalized spacial score (nSPS) is 12.9. The number of fused-ring (bicyclic) bond motifs is 1. The van der Waals surface area contributed by atoms with Crippen LogP contribution < -0.4 is 10.6 Å². The molecule has 0 unspecified atom stereocenters. The van der Waals surface area contributed by atoms with Crippen molar-refractivity contribution in [1.82, 2.24) is 20.3 Å². The predicted octanol–water partition coefficient (Wildman–Crippen LogP) is 5.27. The molecule has 5 rings (SSSR count). The minimum Gasteiger partial charge on any atom is -0.475 e. The Morgan fingerprint density at radius 1 is 1.00 bits per heavy atom. The fourth-order valence-corrected chi connectivity index (χ4v) is 3.34. The average Bonchev–Trinajstić information content (AvgIpc) is 3.68. The van der Waals surface area contributed by atoms with Crippen LogP contribution >= 0.6 is 0 Å². The highest BCUT2D eigenvalue weighted by atomic mass is 19.4. The van der Waals surface area contributed by atoms with Crippen LogP contribution in [0.4, 0.5) is 24.8 Å². The number of para-hydroxylation sites is 1. The summed E-state index contributed by atoms with van der Waals surface area (Å²) in [5.74, 6) is -2.32. The van der Waals surface area contributed by atoms with Gasteiger partial charge in [-0.2, -0.15) is 13.2 Å². The van der Waals surface area contributed by atoms with Crippen molar-refractivity contribution < 1.29 is 27.9 Å². The van der Waals surface area contributed by atoms with Gasteiger partial charge in [-0.15, -0.1) is 0 Å². The first kappa shape index (κ1) is 25.5. The van der Waals surface area contributed by atoms with Gasteiger partial charge in [-0.25, -0.2) is 14.8 Å². The highest BCUT2D eigenvalue weighted by Gasteiger charge is 2.38. The smallest absolute Gasteiger partial charge is 0.475 e. The summed E-state index contributed by atoms with van der Waals surface area (Å²) in [6, 6.07) is 17.8. The monoisotopic (exact) mass is 509 g/mol. The van der Waals surface area contributed by atoms with E-state index in [2.05, 4.69) is 20.6 Å². The van der Waals surface area contributed by atoms with E-state index in [1.165, 1.54) is 0 Å². The number of hydrogen-bond donors (Lipinski definition) is 3. The Labute approximate surface area is 209 Å². The Bertz CT molecular complexity index is 1440. The van der Waals surface area contributed by atoms with Crippen LogP contribution in [0.3, 0.4) is 0 Å². The number of carbonyl (C=O) groups excluding carboxylic acids is 1. The standard InChI is InChI=1S/C24H21N5O.C2HF3O2/c1-15-8-9-17(13-25-15)21-7-3-5-18-14-26-24(29-22(18)21)28-20-6-2-4-16(12-20)23(30)27-19-10-11-19;3-2(4,5)1(6)7/h2-9,12-14,19H,10-11H2,1H3,(H,27,30)(H,26,28,29);(H,6,7). The molecule has 3 N–H and O–H groups in total. The number of amides is 1. The first-order valence-electron chi connectivity index (χ1n) is 11.3. The van der Waals surface area contributed by atoms with Crippen molar-refractivity contribution in [3.8, 4) is 11.1 Å². The van der Waals surface area contributed by atoms with E-state index in [0.717, 1.165) is 46.3 Å². The minimum atomic E-state index is -5.08. The van der Waals surface area contributed by atoms with Crippen LogP contribution in [0.2, 0.25) is 0 Å². The number of alkyl halides is 3. The summed E-state index contributed by atoms with van der Waals surface area (Å²) < 4.78 is 31.7. The molecule has 1 saturated carbocycles. The highest BCUT2D eigenvalue weighted by molar-refractivity contribution is 5.96. The van der Waals surface area contributed by atoms with E-state index in [-0.39, 0.29) is 5.91 Å². The van der Waals surface area contributed by atoms with Gasteiger partial charge in [-0.3, -0.25) is 9.78 Å². The Morgan fingerprint density at radius 2 is 1.73 bits per heavy atom. The summed E-state index contributed by atoms with van der Waals surface area (Å²) >= 11 is 0. The quantitative estimate of drug-likeness (QED) is 0.336. The Hall–Kier alpha value is -4.54. The molecule has 11 heteroatoms. The van der Waals surface area contributed by atoms with Crippen molar-refractivity contribution in [2.75, 3.05) is 5.32 Å². The summed E-state index contributed by atoms with van der Waals surface area (Å²) in [6.07, 6.45) is 0.710. The number of carboxylic acids is 1. The lowest BCUT2D eigenvalue weighted by Gasteiger charge is -2.10. The van der Waals surface area contributed by atoms with Crippen LogP contribution in [0, 0.1) is 6.92 Å². The summed E-state index contributed by atoms with van der Waals surface area (Å²) in [5.41, 5.74) is 5.23. The number of halogens is 3. The molecule has 4 aromatic rings. The van der Waals surface area contributed by atoms with E-state index >= 15 is 0 Å². The van der Waals surface area contributed by atoms with Crippen LogP contribution in [0.15, 0.2) is 67.0 Å². The highest BCUT2D eigenvalue weighted by Crippen LogP contribution is 2.28. The minimum absolute atomic E-state index is 0.0465. The van der Waals surface area contributed by atoms with Crippen LogP contribution in [-0.4, -0.2) is 44.2 Å². The van der Waals surface area contributed by atoms with Crippen molar-refractivity contribution >= 4 is 34.4 Å². The maximum Gasteiger partial charge on any atom is 0.490 e. The summed E-state index contributed by atoms with van der Waals surface area (Å²) in [6.45, 7) is 1.97. The molecule has 1 amide bonds. The third-order valence-electron chi connectivity index (χ3n) is 5.37. The van der Waals surface area contributed by atoms with E-state index in [4.69, 9.17) is 14.9 Å². The molecule has 2 aromatic heterocycles. The lowest BCUT2D eigenvalue weighted by molar-refractivity contribution is -0.192. The maximum absolute atomic E-state index is 12.3. The number of hydrogen-bond acceptors (Lipinski definition) is 6. The zero-order chi connectivity index (χ0) is 26.6. The second-order valence-electron chi connectivity index (χ2n) is 8.38. The SMILES string of the molecule is Cc1ccc(-c2cccc3cnc(Nc4cccc(C(=O)NC5CC5)c4)nc23)cn1.O=C(O)C(F)(F)F. The molecule has 0 spiro atoms. The maximum atomic E-state index is 12.3.